The van der Waals surface area contributed by atoms with Crippen LogP contribution in [0.1, 0.15) is 30.0 Å². The van der Waals surface area contributed by atoms with Crippen molar-refractivity contribution in [3.8, 4) is 0 Å². The van der Waals surface area contributed by atoms with E-state index in [0.717, 1.165) is 24.2 Å². The molecule has 2 rings (SSSR count). The summed E-state index contributed by atoms with van der Waals surface area (Å²) in [7, 11) is 4.21. The summed E-state index contributed by atoms with van der Waals surface area (Å²) in [6.45, 7) is 4.52. The van der Waals surface area contributed by atoms with Gasteiger partial charge in [-0.15, -0.1) is 0 Å². The third-order valence-electron chi connectivity index (χ3n) is 4.44. The molecule has 0 bridgehead atoms. The van der Waals surface area contributed by atoms with E-state index in [0.29, 0.717) is 12.6 Å². The Kier molecular flexibility index (Phi) is 5.13. The van der Waals surface area contributed by atoms with Gasteiger partial charge in [-0.05, 0) is 46.5 Å². The lowest BCUT2D eigenvalue weighted by Crippen LogP contribution is -2.40. The van der Waals surface area contributed by atoms with Crippen molar-refractivity contribution in [1.82, 2.24) is 9.80 Å². The number of halogens is 1. The minimum absolute atomic E-state index is 0.0519. The Morgan fingerprint density at radius 1 is 1.50 bits per heavy atom. The fourth-order valence-electron chi connectivity index (χ4n) is 3.13. The maximum absolute atomic E-state index is 14.1. The molecule has 1 aliphatic rings. The summed E-state index contributed by atoms with van der Waals surface area (Å²) in [6.07, 6.45) is 2.47. The van der Waals surface area contributed by atoms with Crippen molar-refractivity contribution in [3.05, 3.63) is 35.1 Å². The maximum Gasteiger partial charge on any atom is 0.128 e. The van der Waals surface area contributed by atoms with E-state index in [4.69, 9.17) is 5.73 Å². The molecule has 2 unspecified atom stereocenters. The number of hydrogen-bond acceptors (Lipinski definition) is 3. The lowest BCUT2D eigenvalue weighted by molar-refractivity contribution is 0.177. The highest BCUT2D eigenvalue weighted by molar-refractivity contribution is 5.27. The smallest absolute Gasteiger partial charge is 0.128 e. The van der Waals surface area contributed by atoms with Gasteiger partial charge < -0.3 is 10.6 Å². The summed E-state index contributed by atoms with van der Waals surface area (Å²) in [6, 6.07) is 5.77. The third-order valence-corrected chi connectivity index (χ3v) is 4.44. The van der Waals surface area contributed by atoms with Crippen LogP contribution in [0.4, 0.5) is 4.39 Å². The predicted molar refractivity (Wildman–Crippen MR) is 81.2 cm³/mol. The van der Waals surface area contributed by atoms with Crippen molar-refractivity contribution in [1.29, 1.82) is 0 Å². The standard InChI is InChI=1S/C16H26FN3/c1-12-6-7-15(17)14(9-12)16(10-18)20(3)11-13-5-4-8-19(13)2/h6-7,9,13,16H,4-5,8,10-11,18H2,1-3H3. The molecule has 0 aromatic heterocycles. The molecular formula is C16H26FN3. The molecule has 0 spiro atoms. The fourth-order valence-corrected chi connectivity index (χ4v) is 3.13. The van der Waals surface area contributed by atoms with E-state index in [2.05, 4.69) is 16.8 Å². The molecule has 3 nitrogen and oxygen atoms in total. The second-order valence-electron chi connectivity index (χ2n) is 5.99. The van der Waals surface area contributed by atoms with Crippen LogP contribution in [-0.4, -0.2) is 49.6 Å². The molecule has 4 heteroatoms. The average Bonchev–Trinajstić information content (AvgIpc) is 2.80. The van der Waals surface area contributed by atoms with E-state index in [9.17, 15) is 4.39 Å². The zero-order chi connectivity index (χ0) is 14.7. The van der Waals surface area contributed by atoms with E-state index in [-0.39, 0.29) is 11.9 Å². The van der Waals surface area contributed by atoms with E-state index in [1.807, 2.05) is 20.0 Å². The van der Waals surface area contributed by atoms with Gasteiger partial charge in [-0.1, -0.05) is 17.7 Å². The Balaban J connectivity index is 2.12. The van der Waals surface area contributed by atoms with E-state index in [1.165, 1.54) is 12.8 Å². The number of benzene rings is 1. The fraction of sp³-hybridized carbons (Fsp3) is 0.625. The Hall–Kier alpha value is -0.970. The Labute approximate surface area is 121 Å². The molecule has 1 fully saturated rings. The van der Waals surface area contributed by atoms with E-state index in [1.54, 1.807) is 12.1 Å². The van der Waals surface area contributed by atoms with Crippen molar-refractivity contribution in [2.24, 2.45) is 5.73 Å². The first-order valence-electron chi connectivity index (χ1n) is 7.39. The number of likely N-dealkylation sites (tertiary alicyclic amines) is 1. The summed E-state index contributed by atoms with van der Waals surface area (Å²) < 4.78 is 14.1. The molecule has 0 aliphatic carbocycles. The van der Waals surface area contributed by atoms with Crippen molar-refractivity contribution in [2.45, 2.75) is 31.8 Å². The van der Waals surface area contributed by atoms with Gasteiger partial charge in [0.05, 0.1) is 0 Å². The van der Waals surface area contributed by atoms with Crippen molar-refractivity contribution in [3.63, 3.8) is 0 Å². The first kappa shape index (κ1) is 15.4. The summed E-state index contributed by atoms with van der Waals surface area (Å²) in [4.78, 5) is 4.58. The highest BCUT2D eigenvalue weighted by Gasteiger charge is 2.26. The molecule has 20 heavy (non-hydrogen) atoms. The molecule has 1 aliphatic heterocycles. The number of rotatable bonds is 5. The lowest BCUT2D eigenvalue weighted by Gasteiger charge is -2.32. The number of nitrogens with zero attached hydrogens (tertiary/aromatic N) is 2. The van der Waals surface area contributed by atoms with Crippen LogP contribution in [0.2, 0.25) is 0 Å². The maximum atomic E-state index is 14.1. The quantitative estimate of drug-likeness (QED) is 0.896. The van der Waals surface area contributed by atoms with Crippen LogP contribution in [0.15, 0.2) is 18.2 Å². The third kappa shape index (κ3) is 3.37. The summed E-state index contributed by atoms with van der Waals surface area (Å²) in [5.74, 6) is -0.155. The molecule has 1 saturated heterocycles. The second-order valence-corrected chi connectivity index (χ2v) is 5.99. The zero-order valence-electron chi connectivity index (χ0n) is 12.8. The largest absolute Gasteiger partial charge is 0.329 e. The van der Waals surface area contributed by atoms with Gasteiger partial charge in [0.25, 0.3) is 0 Å². The zero-order valence-corrected chi connectivity index (χ0v) is 12.8. The number of hydrogen-bond donors (Lipinski definition) is 1. The molecule has 1 aromatic carbocycles. The molecule has 1 heterocycles. The molecule has 112 valence electrons. The summed E-state index contributed by atoms with van der Waals surface area (Å²) >= 11 is 0. The van der Waals surface area contributed by atoms with Gasteiger partial charge >= 0.3 is 0 Å². The van der Waals surface area contributed by atoms with Gasteiger partial charge in [0, 0.05) is 30.7 Å². The molecule has 1 aromatic rings. The second kappa shape index (κ2) is 6.66. The average molecular weight is 279 g/mol. The number of nitrogens with two attached hydrogens (primary N) is 1. The lowest BCUT2D eigenvalue weighted by atomic mass is 10.0. The monoisotopic (exact) mass is 279 g/mol. The van der Waals surface area contributed by atoms with Gasteiger partial charge in [0.2, 0.25) is 0 Å². The van der Waals surface area contributed by atoms with E-state index >= 15 is 0 Å². The van der Waals surface area contributed by atoms with Gasteiger partial charge in [0.1, 0.15) is 5.82 Å². The minimum atomic E-state index is -0.155. The minimum Gasteiger partial charge on any atom is -0.329 e. The van der Waals surface area contributed by atoms with Crippen molar-refractivity contribution < 1.29 is 4.39 Å². The first-order valence-corrected chi connectivity index (χ1v) is 7.39. The molecular weight excluding hydrogens is 253 g/mol. The van der Waals surface area contributed by atoms with Crippen molar-refractivity contribution in [2.75, 3.05) is 33.7 Å². The highest BCUT2D eigenvalue weighted by atomic mass is 19.1. The Morgan fingerprint density at radius 3 is 2.85 bits per heavy atom. The number of likely N-dealkylation sites (N-methyl/N-ethyl adjacent to an activating group) is 2. The predicted octanol–water partition coefficient (Wildman–Crippen LogP) is 2.16. The SMILES string of the molecule is Cc1ccc(F)c(C(CN)N(C)CC2CCCN2C)c1. The summed E-state index contributed by atoms with van der Waals surface area (Å²) in [5.41, 5.74) is 7.71. The molecule has 0 saturated carbocycles. The van der Waals surface area contributed by atoms with Crippen LogP contribution in [0, 0.1) is 12.7 Å². The molecule has 0 radical (unpaired) electrons. The van der Waals surface area contributed by atoms with Gasteiger partial charge in [-0.25, -0.2) is 4.39 Å². The van der Waals surface area contributed by atoms with Crippen LogP contribution in [-0.2, 0) is 0 Å². The Morgan fingerprint density at radius 2 is 2.25 bits per heavy atom. The van der Waals surface area contributed by atoms with Crippen LogP contribution in [0.3, 0.4) is 0 Å². The normalized spacial score (nSPS) is 21.6. The van der Waals surface area contributed by atoms with E-state index < -0.39 is 0 Å². The summed E-state index contributed by atoms with van der Waals surface area (Å²) in [5, 5.41) is 0. The van der Waals surface area contributed by atoms with Crippen LogP contribution < -0.4 is 5.73 Å². The molecule has 2 atom stereocenters. The molecule has 0 amide bonds. The van der Waals surface area contributed by atoms with Crippen LogP contribution >= 0.6 is 0 Å². The van der Waals surface area contributed by atoms with Gasteiger partial charge in [0.15, 0.2) is 0 Å². The Bertz CT molecular complexity index is 449. The molecule has 2 N–H and O–H groups in total. The number of aryl methyl sites for hydroxylation is 1. The van der Waals surface area contributed by atoms with Crippen molar-refractivity contribution >= 4 is 0 Å². The van der Waals surface area contributed by atoms with Crippen LogP contribution in [0.5, 0.6) is 0 Å². The first-order chi connectivity index (χ1) is 9.52. The van der Waals surface area contributed by atoms with Crippen LogP contribution in [0.25, 0.3) is 0 Å². The van der Waals surface area contributed by atoms with Gasteiger partial charge in [-0.3, -0.25) is 4.90 Å². The highest BCUT2D eigenvalue weighted by Crippen LogP contribution is 2.25. The van der Waals surface area contributed by atoms with Gasteiger partial charge in [-0.2, -0.15) is 0 Å². The topological polar surface area (TPSA) is 32.5 Å².